The molecule has 3 rings (SSSR count). The van der Waals surface area contributed by atoms with Crippen LogP contribution in [0.1, 0.15) is 10.7 Å². The molecular weight excluding hydrogens is 252 g/mol. The number of benzene rings is 1. The van der Waals surface area contributed by atoms with E-state index < -0.39 is 0 Å². The number of nitrogens with zero attached hydrogens (tertiary/aromatic N) is 1. The van der Waals surface area contributed by atoms with Crippen molar-refractivity contribution in [3.63, 3.8) is 0 Å². The lowest BCUT2D eigenvalue weighted by molar-refractivity contribution is 1.30. The summed E-state index contributed by atoms with van der Waals surface area (Å²) in [5.41, 5.74) is 1.89. The van der Waals surface area contributed by atoms with Crippen molar-refractivity contribution in [2.24, 2.45) is 0 Å². The normalized spacial score (nSPS) is 11.6. The van der Waals surface area contributed by atoms with Crippen LogP contribution in [0.2, 0.25) is 5.02 Å². The zero-order valence-electron chi connectivity index (χ0n) is 8.85. The van der Waals surface area contributed by atoms with E-state index in [1.807, 2.05) is 36.4 Å². The smallest absolute Gasteiger partial charge is 0.131 e. The van der Waals surface area contributed by atoms with Gasteiger partial charge in [0.15, 0.2) is 0 Å². The molecule has 84 valence electrons. The number of imidazole rings is 1. The van der Waals surface area contributed by atoms with Gasteiger partial charge in [-0.2, -0.15) is 0 Å². The molecule has 0 amide bonds. The summed E-state index contributed by atoms with van der Waals surface area (Å²) < 4.78 is 0. The Morgan fingerprint density at radius 1 is 1.24 bits per heavy atom. The van der Waals surface area contributed by atoms with Gasteiger partial charge in [0, 0.05) is 9.90 Å². The molecule has 0 fully saturated rings. The third-order valence-electron chi connectivity index (χ3n) is 2.41. The van der Waals surface area contributed by atoms with E-state index in [9.17, 15) is 0 Å². The molecule has 3 aromatic rings. The van der Waals surface area contributed by atoms with Crippen LogP contribution in [0.4, 0.5) is 0 Å². The van der Waals surface area contributed by atoms with Crippen molar-refractivity contribution in [3.05, 3.63) is 51.4 Å². The van der Waals surface area contributed by atoms with Gasteiger partial charge in [-0.15, -0.1) is 11.3 Å². The van der Waals surface area contributed by atoms with Gasteiger partial charge in [0.2, 0.25) is 0 Å². The highest BCUT2D eigenvalue weighted by atomic mass is 35.5. The van der Waals surface area contributed by atoms with E-state index in [-0.39, 0.29) is 0 Å². The Morgan fingerprint density at radius 3 is 3.00 bits per heavy atom. The van der Waals surface area contributed by atoms with Gasteiger partial charge < -0.3 is 4.98 Å². The average Bonchev–Trinajstić information content (AvgIpc) is 2.94. The summed E-state index contributed by atoms with van der Waals surface area (Å²) in [5, 5.41) is 2.77. The number of aromatic amines is 1. The molecule has 0 saturated carbocycles. The molecule has 0 atom stereocenters. The minimum atomic E-state index is 0.718. The van der Waals surface area contributed by atoms with Crippen LogP contribution in [0.15, 0.2) is 35.7 Å². The molecule has 1 aromatic carbocycles. The predicted octanol–water partition coefficient (Wildman–Crippen LogP) is 4.45. The van der Waals surface area contributed by atoms with Crippen LogP contribution < -0.4 is 0 Å². The van der Waals surface area contributed by atoms with E-state index >= 15 is 0 Å². The fraction of sp³-hybridized carbons (Fsp3) is 0. The van der Waals surface area contributed by atoms with Crippen molar-refractivity contribution in [3.8, 4) is 0 Å². The SMILES string of the molecule is Clc1ccc2nc(/C=C/c3cccs3)[nH]c2c1. The number of H-pyrrole nitrogens is 1. The largest absolute Gasteiger partial charge is 0.338 e. The van der Waals surface area contributed by atoms with Crippen LogP contribution >= 0.6 is 22.9 Å². The first-order valence-electron chi connectivity index (χ1n) is 5.18. The maximum atomic E-state index is 5.92. The molecule has 0 unspecified atom stereocenters. The molecule has 0 aliphatic heterocycles. The summed E-state index contributed by atoms with van der Waals surface area (Å²) in [6.07, 6.45) is 4.02. The Labute approximate surface area is 108 Å². The van der Waals surface area contributed by atoms with Gasteiger partial charge in [0.1, 0.15) is 5.82 Å². The number of fused-ring (bicyclic) bond motifs is 1. The van der Waals surface area contributed by atoms with Crippen molar-refractivity contribution < 1.29 is 0 Å². The number of thiophene rings is 1. The van der Waals surface area contributed by atoms with Gasteiger partial charge in [0.05, 0.1) is 11.0 Å². The van der Waals surface area contributed by atoms with Gasteiger partial charge in [-0.1, -0.05) is 17.7 Å². The van der Waals surface area contributed by atoms with E-state index in [4.69, 9.17) is 11.6 Å². The second kappa shape index (κ2) is 4.35. The summed E-state index contributed by atoms with van der Waals surface area (Å²) in [6.45, 7) is 0. The fourth-order valence-electron chi connectivity index (χ4n) is 1.63. The Balaban J connectivity index is 1.96. The van der Waals surface area contributed by atoms with E-state index in [1.54, 1.807) is 11.3 Å². The number of nitrogens with one attached hydrogen (secondary N) is 1. The van der Waals surface area contributed by atoms with Crippen molar-refractivity contribution in [2.45, 2.75) is 0 Å². The molecule has 2 heterocycles. The van der Waals surface area contributed by atoms with Crippen LogP contribution in [0.5, 0.6) is 0 Å². The molecule has 0 aliphatic rings. The van der Waals surface area contributed by atoms with Crippen LogP contribution in [0.25, 0.3) is 23.2 Å². The standard InChI is InChI=1S/C13H9ClN2S/c14-9-3-5-11-12(8-9)16-13(15-11)6-4-10-2-1-7-17-10/h1-8H,(H,15,16)/b6-4+. The van der Waals surface area contributed by atoms with Crippen molar-refractivity contribution in [2.75, 3.05) is 0 Å². The highest BCUT2D eigenvalue weighted by Gasteiger charge is 2.00. The topological polar surface area (TPSA) is 28.7 Å². The highest BCUT2D eigenvalue weighted by Crippen LogP contribution is 2.18. The van der Waals surface area contributed by atoms with Crippen LogP contribution in [0, 0.1) is 0 Å². The van der Waals surface area contributed by atoms with Crippen molar-refractivity contribution >= 4 is 46.1 Å². The lowest BCUT2D eigenvalue weighted by atomic mass is 10.3. The molecule has 1 N–H and O–H groups in total. The Bertz CT molecular complexity index is 668. The maximum absolute atomic E-state index is 5.92. The quantitative estimate of drug-likeness (QED) is 0.725. The maximum Gasteiger partial charge on any atom is 0.131 e. The fourth-order valence-corrected chi connectivity index (χ4v) is 2.42. The lowest BCUT2D eigenvalue weighted by Gasteiger charge is -1.87. The Hall–Kier alpha value is -1.58. The monoisotopic (exact) mass is 260 g/mol. The van der Waals surface area contributed by atoms with Crippen LogP contribution in [-0.4, -0.2) is 9.97 Å². The van der Waals surface area contributed by atoms with E-state index in [2.05, 4.69) is 21.4 Å². The highest BCUT2D eigenvalue weighted by molar-refractivity contribution is 7.10. The zero-order valence-corrected chi connectivity index (χ0v) is 10.4. The summed E-state index contributed by atoms with van der Waals surface area (Å²) in [4.78, 5) is 8.89. The van der Waals surface area contributed by atoms with Gasteiger partial charge in [-0.3, -0.25) is 0 Å². The van der Waals surface area contributed by atoms with Gasteiger partial charge in [0.25, 0.3) is 0 Å². The molecule has 0 bridgehead atoms. The second-order valence-electron chi connectivity index (χ2n) is 3.63. The molecule has 0 spiro atoms. The Kier molecular flexibility index (Phi) is 2.71. The first-order chi connectivity index (χ1) is 8.31. The molecule has 0 saturated heterocycles. The molecule has 0 radical (unpaired) electrons. The number of halogens is 1. The first kappa shape index (κ1) is 10.6. The van der Waals surface area contributed by atoms with Gasteiger partial charge in [-0.25, -0.2) is 4.98 Å². The molecule has 2 aromatic heterocycles. The van der Waals surface area contributed by atoms with E-state index in [1.165, 1.54) is 4.88 Å². The number of hydrogen-bond donors (Lipinski definition) is 1. The molecule has 0 aliphatic carbocycles. The molecule has 4 heteroatoms. The third-order valence-corrected chi connectivity index (χ3v) is 3.48. The van der Waals surface area contributed by atoms with E-state index in [0.717, 1.165) is 21.9 Å². The molecular formula is C13H9ClN2S. The van der Waals surface area contributed by atoms with Crippen LogP contribution in [0.3, 0.4) is 0 Å². The summed E-state index contributed by atoms with van der Waals surface area (Å²) in [5.74, 6) is 0.843. The number of hydrogen-bond acceptors (Lipinski definition) is 2. The second-order valence-corrected chi connectivity index (χ2v) is 5.05. The van der Waals surface area contributed by atoms with Crippen molar-refractivity contribution in [1.29, 1.82) is 0 Å². The predicted molar refractivity (Wildman–Crippen MR) is 74.4 cm³/mol. The Morgan fingerprint density at radius 2 is 2.18 bits per heavy atom. The van der Waals surface area contributed by atoms with Gasteiger partial charge in [-0.05, 0) is 41.8 Å². The molecule has 2 nitrogen and oxygen atoms in total. The number of rotatable bonds is 2. The lowest BCUT2D eigenvalue weighted by Crippen LogP contribution is -1.72. The summed E-state index contributed by atoms with van der Waals surface area (Å²) >= 11 is 7.62. The zero-order chi connectivity index (χ0) is 11.7. The van der Waals surface area contributed by atoms with Gasteiger partial charge >= 0.3 is 0 Å². The third kappa shape index (κ3) is 2.25. The van der Waals surface area contributed by atoms with Crippen molar-refractivity contribution in [1.82, 2.24) is 9.97 Å². The average molecular weight is 261 g/mol. The minimum absolute atomic E-state index is 0.718. The van der Waals surface area contributed by atoms with Crippen LogP contribution in [-0.2, 0) is 0 Å². The minimum Gasteiger partial charge on any atom is -0.338 e. The van der Waals surface area contributed by atoms with E-state index in [0.29, 0.717) is 0 Å². The summed E-state index contributed by atoms with van der Waals surface area (Å²) in [6, 6.07) is 9.74. The number of aromatic nitrogens is 2. The first-order valence-corrected chi connectivity index (χ1v) is 6.44. The summed E-state index contributed by atoms with van der Waals surface area (Å²) in [7, 11) is 0. The molecule has 17 heavy (non-hydrogen) atoms.